The van der Waals surface area contributed by atoms with E-state index in [2.05, 4.69) is 9.69 Å². The van der Waals surface area contributed by atoms with Gasteiger partial charge in [0.15, 0.2) is 5.69 Å². The number of hydrogen-bond acceptors (Lipinski definition) is 8. The minimum absolute atomic E-state index is 0.0110. The van der Waals surface area contributed by atoms with Crippen LogP contribution in [0.5, 0.6) is 5.75 Å². The first kappa shape index (κ1) is 25.8. The second-order valence-electron chi connectivity index (χ2n) is 7.99. The number of rotatable bonds is 9. The van der Waals surface area contributed by atoms with Crippen LogP contribution in [0.1, 0.15) is 42.2 Å². The molecule has 2 heterocycles. The van der Waals surface area contributed by atoms with Crippen molar-refractivity contribution in [3.05, 3.63) is 98.4 Å². The van der Waals surface area contributed by atoms with Gasteiger partial charge in [0.25, 0.3) is 11.8 Å². The van der Waals surface area contributed by atoms with Crippen LogP contribution < -0.4 is 16.8 Å². The Morgan fingerprint density at radius 1 is 1.08 bits per heavy atom. The maximum absolute atomic E-state index is 13.8. The van der Waals surface area contributed by atoms with E-state index in [4.69, 9.17) is 11.5 Å². The van der Waals surface area contributed by atoms with E-state index in [1.807, 2.05) is 17.5 Å². The lowest BCUT2D eigenvalue weighted by Gasteiger charge is -2.31. The molecule has 9 nitrogen and oxygen atoms in total. The van der Waals surface area contributed by atoms with Crippen LogP contribution in [0.4, 0.5) is 10.1 Å². The zero-order chi connectivity index (χ0) is 26.5. The molecule has 0 aliphatic carbocycles. The van der Waals surface area contributed by atoms with Crippen molar-refractivity contribution < 1.29 is 23.9 Å². The number of nitrogens with zero attached hydrogens (tertiary/aromatic N) is 2. The van der Waals surface area contributed by atoms with Crippen LogP contribution >= 0.6 is 22.9 Å². The van der Waals surface area contributed by atoms with E-state index >= 15 is 0 Å². The van der Waals surface area contributed by atoms with Crippen molar-refractivity contribution in [3.8, 4) is 5.75 Å². The molecule has 12 heteroatoms. The van der Waals surface area contributed by atoms with Crippen molar-refractivity contribution in [2.75, 3.05) is 5.73 Å². The number of halogens is 1. The SMILES string of the molecule is NC(=O)c1nsc(C(=O)N(Cc2cccs2)C(C(=O)NCc2ccc(F)cc2)c2ccc(O)cc2)c1N. The number of benzene rings is 2. The monoisotopic (exact) mass is 539 g/mol. The van der Waals surface area contributed by atoms with E-state index in [0.717, 1.165) is 16.4 Å². The molecule has 0 bridgehead atoms. The van der Waals surface area contributed by atoms with Crippen LogP contribution in [0.25, 0.3) is 0 Å². The third-order valence-electron chi connectivity index (χ3n) is 5.47. The molecule has 37 heavy (non-hydrogen) atoms. The number of phenolic OH excluding ortho intramolecular Hbond substituents is 1. The molecular weight excluding hydrogens is 517 g/mol. The molecule has 0 aliphatic heterocycles. The Kier molecular flexibility index (Phi) is 7.80. The van der Waals surface area contributed by atoms with Gasteiger partial charge in [-0.3, -0.25) is 14.4 Å². The van der Waals surface area contributed by atoms with Crippen molar-refractivity contribution >= 4 is 46.3 Å². The minimum Gasteiger partial charge on any atom is -0.508 e. The van der Waals surface area contributed by atoms with Gasteiger partial charge >= 0.3 is 0 Å². The van der Waals surface area contributed by atoms with E-state index in [9.17, 15) is 23.9 Å². The molecule has 0 spiro atoms. The molecule has 0 saturated carbocycles. The molecule has 1 atom stereocenters. The molecule has 6 N–H and O–H groups in total. The highest BCUT2D eigenvalue weighted by Gasteiger charge is 2.35. The fourth-order valence-corrected chi connectivity index (χ4v) is 5.09. The molecule has 0 saturated heterocycles. The number of carbonyl (C=O) groups excluding carboxylic acids is 3. The molecule has 3 amide bonds. The number of amides is 3. The number of anilines is 1. The topological polar surface area (TPSA) is 152 Å². The average Bonchev–Trinajstić information content (AvgIpc) is 3.53. The van der Waals surface area contributed by atoms with Crippen molar-refractivity contribution in [2.45, 2.75) is 19.1 Å². The number of nitrogens with one attached hydrogen (secondary N) is 1. The average molecular weight is 540 g/mol. The van der Waals surface area contributed by atoms with Crippen molar-refractivity contribution in [3.63, 3.8) is 0 Å². The molecule has 0 fully saturated rings. The predicted molar refractivity (Wildman–Crippen MR) is 138 cm³/mol. The summed E-state index contributed by atoms with van der Waals surface area (Å²) in [7, 11) is 0. The summed E-state index contributed by atoms with van der Waals surface area (Å²) >= 11 is 2.12. The second kappa shape index (κ2) is 11.2. The van der Waals surface area contributed by atoms with Gasteiger partial charge in [-0.2, -0.15) is 4.37 Å². The molecule has 0 radical (unpaired) electrons. The highest BCUT2D eigenvalue weighted by atomic mass is 32.1. The Morgan fingerprint density at radius 3 is 2.38 bits per heavy atom. The maximum Gasteiger partial charge on any atom is 0.270 e. The molecule has 1 unspecified atom stereocenters. The smallest absolute Gasteiger partial charge is 0.270 e. The summed E-state index contributed by atoms with van der Waals surface area (Å²) in [6.45, 7) is 0.137. The summed E-state index contributed by atoms with van der Waals surface area (Å²) in [5.74, 6) is -2.42. The predicted octanol–water partition coefficient (Wildman–Crippen LogP) is 3.43. The van der Waals surface area contributed by atoms with E-state index in [0.29, 0.717) is 11.1 Å². The molecule has 4 aromatic rings. The first-order valence-electron chi connectivity index (χ1n) is 10.9. The van der Waals surface area contributed by atoms with Gasteiger partial charge in [0.2, 0.25) is 5.91 Å². The third-order valence-corrected chi connectivity index (χ3v) is 7.18. The highest BCUT2D eigenvalue weighted by Crippen LogP contribution is 2.31. The number of carbonyl (C=O) groups is 3. The molecule has 2 aromatic carbocycles. The molecule has 4 rings (SSSR count). The Labute approximate surface area is 219 Å². The number of aromatic nitrogens is 1. The Bertz CT molecular complexity index is 1410. The summed E-state index contributed by atoms with van der Waals surface area (Å²) < 4.78 is 17.2. The van der Waals surface area contributed by atoms with E-state index in [1.165, 1.54) is 52.6 Å². The molecule has 190 valence electrons. The van der Waals surface area contributed by atoms with Crippen LogP contribution in [-0.2, 0) is 17.9 Å². The summed E-state index contributed by atoms with van der Waals surface area (Å²) in [5, 5.41) is 14.4. The van der Waals surface area contributed by atoms with E-state index in [1.54, 1.807) is 12.1 Å². The summed E-state index contributed by atoms with van der Waals surface area (Å²) in [5.41, 5.74) is 12.1. The fraction of sp³-hybridized carbons (Fsp3) is 0.120. The van der Waals surface area contributed by atoms with Crippen molar-refractivity contribution in [2.24, 2.45) is 5.73 Å². The van der Waals surface area contributed by atoms with Gasteiger partial charge in [0, 0.05) is 11.4 Å². The fourth-order valence-electron chi connectivity index (χ4n) is 3.63. The van der Waals surface area contributed by atoms with Crippen LogP contribution in [-0.4, -0.2) is 32.1 Å². The number of nitrogen functional groups attached to an aromatic ring is 1. The first-order valence-corrected chi connectivity index (χ1v) is 12.6. The Morgan fingerprint density at radius 2 is 1.78 bits per heavy atom. The quantitative estimate of drug-likeness (QED) is 0.256. The minimum atomic E-state index is -1.14. The summed E-state index contributed by atoms with van der Waals surface area (Å²) in [6.07, 6.45) is 0. The van der Waals surface area contributed by atoms with Crippen LogP contribution in [0.3, 0.4) is 0 Å². The van der Waals surface area contributed by atoms with Gasteiger partial charge in [-0.1, -0.05) is 30.3 Å². The normalized spacial score (nSPS) is 11.6. The maximum atomic E-state index is 13.8. The van der Waals surface area contributed by atoms with E-state index < -0.39 is 29.6 Å². The molecule has 2 aromatic heterocycles. The zero-order valence-corrected chi connectivity index (χ0v) is 20.9. The number of nitrogens with two attached hydrogens (primary N) is 2. The Hall–Kier alpha value is -4.29. The van der Waals surface area contributed by atoms with Crippen LogP contribution in [0.2, 0.25) is 0 Å². The largest absolute Gasteiger partial charge is 0.508 e. The lowest BCUT2D eigenvalue weighted by Crippen LogP contribution is -2.43. The number of phenols is 1. The van der Waals surface area contributed by atoms with Gasteiger partial charge < -0.3 is 26.8 Å². The lowest BCUT2D eigenvalue weighted by atomic mass is 10.0. The van der Waals surface area contributed by atoms with Gasteiger partial charge in [0.1, 0.15) is 22.5 Å². The van der Waals surface area contributed by atoms with Gasteiger partial charge in [0.05, 0.1) is 12.2 Å². The number of thiophene rings is 1. The molecular formula is C25H22FN5O4S2. The van der Waals surface area contributed by atoms with Crippen LogP contribution in [0, 0.1) is 5.82 Å². The summed E-state index contributed by atoms with van der Waals surface area (Å²) in [4.78, 5) is 41.2. The van der Waals surface area contributed by atoms with Crippen molar-refractivity contribution in [1.82, 2.24) is 14.6 Å². The zero-order valence-electron chi connectivity index (χ0n) is 19.3. The van der Waals surface area contributed by atoms with Crippen molar-refractivity contribution in [1.29, 1.82) is 0 Å². The lowest BCUT2D eigenvalue weighted by molar-refractivity contribution is -0.126. The molecule has 0 aliphatic rings. The standard InChI is InChI=1S/C25H22FN5O4S2/c26-16-7-3-14(4-8-16)12-29-24(34)21(15-5-9-17(32)10-6-15)31(13-18-2-1-11-36-18)25(35)22-19(27)20(23(28)33)30-37-22/h1-11,21,32H,12-13,27H2,(H2,28,33)(H,29,34). The summed E-state index contributed by atoms with van der Waals surface area (Å²) in [6, 6.07) is 14.1. The van der Waals surface area contributed by atoms with E-state index in [-0.39, 0.29) is 35.1 Å². The van der Waals surface area contributed by atoms with Gasteiger partial charge in [-0.25, -0.2) is 4.39 Å². The number of aromatic hydroxyl groups is 1. The van der Waals surface area contributed by atoms with Gasteiger partial charge in [-0.15, -0.1) is 11.3 Å². The Balaban J connectivity index is 1.74. The second-order valence-corrected chi connectivity index (χ2v) is 9.79. The third kappa shape index (κ3) is 5.93. The van der Waals surface area contributed by atoms with Gasteiger partial charge in [-0.05, 0) is 58.4 Å². The first-order chi connectivity index (χ1) is 17.7. The van der Waals surface area contributed by atoms with Crippen LogP contribution in [0.15, 0.2) is 66.0 Å². The number of hydrogen-bond donors (Lipinski definition) is 4. The highest BCUT2D eigenvalue weighted by molar-refractivity contribution is 7.10. The number of primary amides is 1.